The van der Waals surface area contributed by atoms with Crippen LogP contribution < -0.4 is 15.7 Å². The zero-order valence-corrected chi connectivity index (χ0v) is 27.7. The number of hydrogen-bond donors (Lipinski definition) is 1. The fourth-order valence-electron chi connectivity index (χ4n) is 5.25. The highest BCUT2D eigenvalue weighted by Crippen LogP contribution is 2.37. The predicted molar refractivity (Wildman–Crippen MR) is 176 cm³/mol. The average molecular weight is 604 g/mol. The van der Waals surface area contributed by atoms with Crippen molar-refractivity contribution in [2.75, 3.05) is 13.2 Å². The first-order valence-corrected chi connectivity index (χ1v) is 17.2. The third kappa shape index (κ3) is 10.7. The first-order valence-electron chi connectivity index (χ1n) is 15.3. The summed E-state index contributed by atoms with van der Waals surface area (Å²) in [6.07, 6.45) is 1.38. The molecule has 0 aromatic heterocycles. The van der Waals surface area contributed by atoms with Crippen LogP contribution in [0.2, 0.25) is 5.04 Å². The second-order valence-electron chi connectivity index (χ2n) is 13.0. The fourth-order valence-corrected chi connectivity index (χ4v) is 9.86. The number of rotatable bonds is 15. The van der Waals surface area contributed by atoms with Gasteiger partial charge in [0.05, 0.1) is 19.3 Å². The van der Waals surface area contributed by atoms with E-state index in [-0.39, 0.29) is 17.4 Å². The first kappa shape index (κ1) is 34.2. The molecule has 0 saturated heterocycles. The van der Waals surface area contributed by atoms with Crippen molar-refractivity contribution in [1.29, 1.82) is 0 Å². The summed E-state index contributed by atoms with van der Waals surface area (Å²) < 4.78 is 18.4. The van der Waals surface area contributed by atoms with Gasteiger partial charge in [-0.15, -0.1) is 0 Å². The number of ether oxygens (including phenoxy) is 2. The highest BCUT2D eigenvalue weighted by molar-refractivity contribution is 6.99. The van der Waals surface area contributed by atoms with Crippen molar-refractivity contribution in [3.05, 3.63) is 96.6 Å². The Balaban J connectivity index is 1.71. The Morgan fingerprint density at radius 1 is 0.767 bits per heavy atom. The second-order valence-corrected chi connectivity index (χ2v) is 17.3. The van der Waals surface area contributed by atoms with Gasteiger partial charge in [0.15, 0.2) is 0 Å². The van der Waals surface area contributed by atoms with Crippen LogP contribution in [0.15, 0.2) is 91.0 Å². The van der Waals surface area contributed by atoms with Crippen LogP contribution in [0.3, 0.4) is 0 Å². The molecule has 7 heteroatoms. The molecule has 0 heterocycles. The zero-order valence-electron chi connectivity index (χ0n) is 26.7. The van der Waals surface area contributed by atoms with E-state index in [0.717, 1.165) is 15.9 Å². The highest BCUT2D eigenvalue weighted by Gasteiger charge is 2.50. The number of nitrogens with one attached hydrogen (secondary N) is 1. The van der Waals surface area contributed by atoms with Gasteiger partial charge in [-0.1, -0.05) is 112 Å². The van der Waals surface area contributed by atoms with Crippen LogP contribution in [0, 0.1) is 0 Å². The minimum atomic E-state index is -2.82. The van der Waals surface area contributed by atoms with Crippen molar-refractivity contribution in [2.45, 2.75) is 90.5 Å². The highest BCUT2D eigenvalue weighted by atomic mass is 28.4. The molecule has 0 bridgehead atoms. The monoisotopic (exact) mass is 603 g/mol. The van der Waals surface area contributed by atoms with Gasteiger partial charge in [-0.05, 0) is 54.6 Å². The summed E-state index contributed by atoms with van der Waals surface area (Å²) in [5.41, 5.74) is 0.481. The molecular weight excluding hydrogens is 554 g/mol. The molecule has 1 N–H and O–H groups in total. The molecule has 0 spiro atoms. The van der Waals surface area contributed by atoms with Crippen LogP contribution in [0.1, 0.15) is 72.8 Å². The van der Waals surface area contributed by atoms with Crippen LogP contribution in [-0.4, -0.2) is 45.1 Å². The minimum Gasteiger partial charge on any atom is -0.444 e. The van der Waals surface area contributed by atoms with E-state index in [2.05, 4.69) is 50.4 Å². The molecule has 0 saturated carbocycles. The van der Waals surface area contributed by atoms with Gasteiger partial charge >= 0.3 is 6.09 Å². The standard InChI is InChI=1S/C36H49NO5Si/c1-35(2,3)42-34(39)37-30(24-25-31(38)19-16-26-40-27-29-17-10-7-11-18-29)28-41-43(36(4,5)6,32-20-12-8-13-21-32)33-22-14-9-15-23-33/h7-15,17-18,20-23,30H,16,19,24-28H2,1-6H3,(H,37,39)/t30-/m1/s1. The Bertz CT molecular complexity index is 1210. The maximum absolute atomic E-state index is 12.9. The van der Waals surface area contributed by atoms with Gasteiger partial charge in [0.1, 0.15) is 11.4 Å². The molecule has 0 aliphatic rings. The third-order valence-electron chi connectivity index (χ3n) is 7.27. The maximum atomic E-state index is 12.9. The number of ketones is 1. The van der Waals surface area contributed by atoms with Crippen LogP contribution in [0.4, 0.5) is 4.79 Å². The van der Waals surface area contributed by atoms with Gasteiger partial charge in [0.2, 0.25) is 0 Å². The van der Waals surface area contributed by atoms with Crippen LogP contribution in [0.5, 0.6) is 0 Å². The van der Waals surface area contributed by atoms with E-state index < -0.39 is 26.1 Å². The Labute approximate surface area is 259 Å². The quantitative estimate of drug-likeness (QED) is 0.153. The van der Waals surface area contributed by atoms with Crippen molar-refractivity contribution in [1.82, 2.24) is 5.32 Å². The van der Waals surface area contributed by atoms with Gasteiger partial charge < -0.3 is 19.2 Å². The van der Waals surface area contributed by atoms with Crippen LogP contribution in [0.25, 0.3) is 0 Å². The number of amides is 1. The molecule has 3 aromatic rings. The summed E-state index contributed by atoms with van der Waals surface area (Å²) in [6, 6.07) is 30.4. The first-order chi connectivity index (χ1) is 20.4. The van der Waals surface area contributed by atoms with Crippen molar-refractivity contribution in [2.24, 2.45) is 0 Å². The van der Waals surface area contributed by atoms with Gasteiger partial charge in [-0.2, -0.15) is 0 Å². The number of benzene rings is 3. The topological polar surface area (TPSA) is 73.9 Å². The number of hydrogen-bond acceptors (Lipinski definition) is 5. The normalized spacial score (nSPS) is 12.9. The van der Waals surface area contributed by atoms with Gasteiger partial charge in [0, 0.05) is 19.4 Å². The molecule has 3 aromatic carbocycles. The van der Waals surface area contributed by atoms with Gasteiger partial charge in [-0.25, -0.2) is 4.79 Å². The molecule has 0 aliphatic carbocycles. The summed E-state index contributed by atoms with van der Waals surface area (Å²) in [6.45, 7) is 13.5. The Hall–Kier alpha value is -3.26. The summed E-state index contributed by atoms with van der Waals surface area (Å²) in [5, 5.41) is 5.13. The smallest absolute Gasteiger partial charge is 0.407 e. The minimum absolute atomic E-state index is 0.143. The Kier molecular flexibility index (Phi) is 12.7. The van der Waals surface area contributed by atoms with Crippen LogP contribution >= 0.6 is 0 Å². The molecule has 0 fully saturated rings. The van der Waals surface area contributed by atoms with Crippen LogP contribution in [-0.2, 0) is 25.3 Å². The van der Waals surface area contributed by atoms with E-state index >= 15 is 0 Å². The lowest BCUT2D eigenvalue weighted by atomic mass is 10.1. The van der Waals surface area contributed by atoms with E-state index in [1.807, 2.05) is 87.5 Å². The maximum Gasteiger partial charge on any atom is 0.407 e. The van der Waals surface area contributed by atoms with Gasteiger partial charge in [-0.3, -0.25) is 4.79 Å². The van der Waals surface area contributed by atoms with E-state index in [1.165, 1.54) is 0 Å². The van der Waals surface area contributed by atoms with Crippen molar-refractivity contribution >= 4 is 30.6 Å². The number of carbonyl (C=O) groups excluding carboxylic acids is 2. The lowest BCUT2D eigenvalue weighted by molar-refractivity contribution is -0.119. The number of carbonyl (C=O) groups is 2. The number of alkyl carbamates (subject to hydrolysis) is 1. The molecule has 3 rings (SSSR count). The summed E-state index contributed by atoms with van der Waals surface area (Å²) in [5.74, 6) is 0.143. The SMILES string of the molecule is CC(C)(C)OC(=O)N[C@H](CCC(=O)CCCOCc1ccccc1)CO[Si](c1ccccc1)(c1ccccc1)C(C)(C)C. The lowest BCUT2D eigenvalue weighted by Gasteiger charge is -2.43. The molecule has 0 unspecified atom stereocenters. The molecule has 43 heavy (non-hydrogen) atoms. The van der Waals surface area contributed by atoms with Crippen molar-refractivity contribution < 1.29 is 23.5 Å². The largest absolute Gasteiger partial charge is 0.444 e. The molecule has 1 amide bonds. The van der Waals surface area contributed by atoms with E-state index in [1.54, 1.807) is 0 Å². The summed E-state index contributed by atoms with van der Waals surface area (Å²) in [7, 11) is -2.82. The molecular formula is C36H49NO5Si. The van der Waals surface area contributed by atoms with Crippen molar-refractivity contribution in [3.63, 3.8) is 0 Å². The van der Waals surface area contributed by atoms with Crippen molar-refractivity contribution in [3.8, 4) is 0 Å². The lowest BCUT2D eigenvalue weighted by Crippen LogP contribution is -2.67. The Morgan fingerprint density at radius 3 is 1.81 bits per heavy atom. The molecule has 1 atom stereocenters. The molecule has 232 valence electrons. The third-order valence-corrected chi connectivity index (χ3v) is 12.3. The summed E-state index contributed by atoms with van der Waals surface area (Å²) in [4.78, 5) is 25.7. The van der Waals surface area contributed by atoms with E-state index in [9.17, 15) is 9.59 Å². The fraction of sp³-hybridized carbons (Fsp3) is 0.444. The predicted octanol–water partition coefficient (Wildman–Crippen LogP) is 6.80. The average Bonchev–Trinajstić information content (AvgIpc) is 2.96. The molecule has 0 aliphatic heterocycles. The van der Waals surface area contributed by atoms with Gasteiger partial charge in [0.25, 0.3) is 8.32 Å². The molecule has 0 radical (unpaired) electrons. The Morgan fingerprint density at radius 2 is 1.30 bits per heavy atom. The number of Topliss-reactive ketones (excluding diaryl/α,β-unsaturated/α-hetero) is 1. The molecule has 6 nitrogen and oxygen atoms in total. The second kappa shape index (κ2) is 16.0. The zero-order chi connectivity index (χ0) is 31.3. The van der Waals surface area contributed by atoms with E-state index in [4.69, 9.17) is 13.9 Å². The van der Waals surface area contributed by atoms with E-state index in [0.29, 0.717) is 38.9 Å². The summed E-state index contributed by atoms with van der Waals surface area (Å²) >= 11 is 0.